The SMILES string of the molecule is CC(=O)c1csc(C(=O)N(C)C[C@@H]2CCN(Cc3ccc(C)s3)C2)c1. The monoisotopic (exact) mass is 376 g/mol. The zero-order valence-electron chi connectivity index (χ0n) is 14.9. The Balaban J connectivity index is 1.51. The molecule has 1 aliphatic heterocycles. The third kappa shape index (κ3) is 4.57. The number of thiophene rings is 2. The predicted molar refractivity (Wildman–Crippen MR) is 104 cm³/mol. The molecule has 0 radical (unpaired) electrons. The summed E-state index contributed by atoms with van der Waals surface area (Å²) < 4.78 is 0. The molecule has 4 nitrogen and oxygen atoms in total. The third-order valence-corrected chi connectivity index (χ3v) is 6.54. The number of hydrogen-bond donors (Lipinski definition) is 0. The highest BCUT2D eigenvalue weighted by Gasteiger charge is 2.26. The smallest absolute Gasteiger partial charge is 0.263 e. The van der Waals surface area contributed by atoms with Crippen molar-refractivity contribution in [3.05, 3.63) is 43.8 Å². The molecule has 0 N–H and O–H groups in total. The van der Waals surface area contributed by atoms with Gasteiger partial charge >= 0.3 is 0 Å². The third-order valence-electron chi connectivity index (χ3n) is 4.64. The molecule has 0 unspecified atom stereocenters. The van der Waals surface area contributed by atoms with Gasteiger partial charge in [-0.05, 0) is 50.9 Å². The number of likely N-dealkylation sites (tertiary alicyclic amines) is 1. The molecule has 1 atom stereocenters. The molecule has 0 aromatic carbocycles. The Hall–Kier alpha value is -1.50. The van der Waals surface area contributed by atoms with E-state index in [0.29, 0.717) is 16.4 Å². The molecule has 1 saturated heterocycles. The van der Waals surface area contributed by atoms with Crippen LogP contribution in [0.5, 0.6) is 0 Å². The molecule has 0 aliphatic carbocycles. The minimum absolute atomic E-state index is 0.00759. The Labute approximate surface area is 157 Å². The molecule has 134 valence electrons. The Morgan fingerprint density at radius 2 is 2.16 bits per heavy atom. The molecule has 6 heteroatoms. The van der Waals surface area contributed by atoms with Gasteiger partial charge in [0.1, 0.15) is 0 Å². The number of carbonyl (C=O) groups is 2. The van der Waals surface area contributed by atoms with Crippen molar-refractivity contribution in [2.75, 3.05) is 26.7 Å². The summed E-state index contributed by atoms with van der Waals surface area (Å²) in [5.41, 5.74) is 0.625. The van der Waals surface area contributed by atoms with Gasteiger partial charge in [0.25, 0.3) is 5.91 Å². The van der Waals surface area contributed by atoms with E-state index in [1.54, 1.807) is 16.3 Å². The summed E-state index contributed by atoms with van der Waals surface area (Å²) in [6.07, 6.45) is 1.13. The van der Waals surface area contributed by atoms with Crippen molar-refractivity contribution >= 4 is 34.4 Å². The summed E-state index contributed by atoms with van der Waals surface area (Å²) in [5.74, 6) is 0.542. The first kappa shape index (κ1) is 18.3. The second-order valence-electron chi connectivity index (χ2n) is 6.84. The first-order chi connectivity index (χ1) is 11.9. The van der Waals surface area contributed by atoms with Crippen LogP contribution < -0.4 is 0 Å². The van der Waals surface area contributed by atoms with Gasteiger partial charge in [-0.1, -0.05) is 0 Å². The van der Waals surface area contributed by atoms with Crippen LogP contribution in [0.4, 0.5) is 0 Å². The first-order valence-corrected chi connectivity index (χ1v) is 10.2. The van der Waals surface area contributed by atoms with Crippen LogP contribution in [0, 0.1) is 12.8 Å². The predicted octanol–water partition coefficient (Wildman–Crippen LogP) is 3.91. The maximum absolute atomic E-state index is 12.6. The van der Waals surface area contributed by atoms with Gasteiger partial charge in [0.2, 0.25) is 0 Å². The molecule has 0 saturated carbocycles. The molecule has 1 amide bonds. The summed E-state index contributed by atoms with van der Waals surface area (Å²) in [7, 11) is 1.86. The van der Waals surface area contributed by atoms with Gasteiger partial charge < -0.3 is 4.90 Å². The molecular weight excluding hydrogens is 352 g/mol. The standard InChI is InChI=1S/C19H24N2O2S2/c1-13-4-5-17(25-13)11-21-7-6-15(10-21)9-20(3)19(23)18-8-16(12-24-18)14(2)22/h4-5,8,12,15H,6-7,9-11H2,1-3H3/t15-/m0/s1. The number of rotatable bonds is 6. The summed E-state index contributed by atoms with van der Waals surface area (Å²) in [6, 6.07) is 6.11. The van der Waals surface area contributed by atoms with Crippen LogP contribution in [0.1, 0.15) is 43.1 Å². The summed E-state index contributed by atoms with van der Waals surface area (Å²) >= 11 is 3.22. The average Bonchev–Trinajstić information content (AvgIpc) is 3.28. The van der Waals surface area contributed by atoms with Crippen LogP contribution in [0.15, 0.2) is 23.6 Å². The van der Waals surface area contributed by atoms with Crippen molar-refractivity contribution < 1.29 is 9.59 Å². The second-order valence-corrected chi connectivity index (χ2v) is 9.13. The molecule has 2 aromatic rings. The fourth-order valence-corrected chi connectivity index (χ4v) is 5.16. The van der Waals surface area contributed by atoms with E-state index >= 15 is 0 Å². The molecule has 0 spiro atoms. The molecule has 3 heterocycles. The van der Waals surface area contributed by atoms with Crippen molar-refractivity contribution in [2.45, 2.75) is 26.8 Å². The van der Waals surface area contributed by atoms with Crippen LogP contribution in [0.3, 0.4) is 0 Å². The lowest BCUT2D eigenvalue weighted by atomic mass is 10.1. The zero-order valence-corrected chi connectivity index (χ0v) is 16.6. The number of nitrogens with zero attached hydrogens (tertiary/aromatic N) is 2. The van der Waals surface area contributed by atoms with Crippen LogP contribution in [0.25, 0.3) is 0 Å². The molecule has 1 fully saturated rings. The second kappa shape index (κ2) is 7.81. The van der Waals surface area contributed by atoms with E-state index in [1.807, 2.05) is 18.4 Å². The van der Waals surface area contributed by atoms with Crippen molar-refractivity contribution in [1.82, 2.24) is 9.80 Å². The molecule has 2 aromatic heterocycles. The quantitative estimate of drug-likeness (QED) is 0.718. The van der Waals surface area contributed by atoms with Crippen molar-refractivity contribution in [2.24, 2.45) is 5.92 Å². The normalized spacial score (nSPS) is 17.8. The highest BCUT2D eigenvalue weighted by Crippen LogP contribution is 2.24. The number of hydrogen-bond acceptors (Lipinski definition) is 5. The van der Waals surface area contributed by atoms with Gasteiger partial charge in [0, 0.05) is 47.4 Å². The van der Waals surface area contributed by atoms with Crippen LogP contribution in [-0.4, -0.2) is 48.2 Å². The Morgan fingerprint density at radius 1 is 1.36 bits per heavy atom. The van der Waals surface area contributed by atoms with Gasteiger partial charge in [-0.3, -0.25) is 14.5 Å². The molecular formula is C19H24N2O2S2. The van der Waals surface area contributed by atoms with E-state index in [2.05, 4.69) is 24.0 Å². The number of aryl methyl sites for hydroxylation is 1. The van der Waals surface area contributed by atoms with Gasteiger partial charge in [-0.25, -0.2) is 0 Å². The minimum Gasteiger partial charge on any atom is -0.341 e. The maximum atomic E-state index is 12.6. The summed E-state index contributed by atoms with van der Waals surface area (Å²) in [6.45, 7) is 7.59. The van der Waals surface area contributed by atoms with E-state index in [4.69, 9.17) is 0 Å². The molecule has 1 aliphatic rings. The Morgan fingerprint density at radius 3 is 2.80 bits per heavy atom. The minimum atomic E-state index is 0.00759. The number of carbonyl (C=O) groups excluding carboxylic acids is 2. The lowest BCUT2D eigenvalue weighted by Crippen LogP contribution is -2.32. The lowest BCUT2D eigenvalue weighted by Gasteiger charge is -2.21. The van der Waals surface area contributed by atoms with Crippen molar-refractivity contribution in [1.29, 1.82) is 0 Å². The van der Waals surface area contributed by atoms with E-state index in [9.17, 15) is 9.59 Å². The average molecular weight is 377 g/mol. The van der Waals surface area contributed by atoms with Crippen LogP contribution in [-0.2, 0) is 6.54 Å². The van der Waals surface area contributed by atoms with E-state index in [-0.39, 0.29) is 11.7 Å². The Bertz CT molecular complexity index is 765. The fraction of sp³-hybridized carbons (Fsp3) is 0.474. The molecule has 3 rings (SSSR count). The van der Waals surface area contributed by atoms with Crippen LogP contribution in [0.2, 0.25) is 0 Å². The Kier molecular flexibility index (Phi) is 5.71. The van der Waals surface area contributed by atoms with E-state index < -0.39 is 0 Å². The zero-order chi connectivity index (χ0) is 18.0. The van der Waals surface area contributed by atoms with E-state index in [1.165, 1.54) is 28.0 Å². The van der Waals surface area contributed by atoms with Gasteiger partial charge in [0.15, 0.2) is 5.78 Å². The van der Waals surface area contributed by atoms with E-state index in [0.717, 1.165) is 32.6 Å². The fourth-order valence-electron chi connectivity index (χ4n) is 3.29. The molecule has 25 heavy (non-hydrogen) atoms. The van der Waals surface area contributed by atoms with Gasteiger partial charge in [-0.2, -0.15) is 0 Å². The highest BCUT2D eigenvalue weighted by molar-refractivity contribution is 7.12. The molecule has 0 bridgehead atoms. The highest BCUT2D eigenvalue weighted by atomic mass is 32.1. The van der Waals surface area contributed by atoms with Crippen molar-refractivity contribution in [3.8, 4) is 0 Å². The number of ketones is 1. The first-order valence-electron chi connectivity index (χ1n) is 8.55. The maximum Gasteiger partial charge on any atom is 0.263 e. The van der Waals surface area contributed by atoms with Crippen LogP contribution >= 0.6 is 22.7 Å². The summed E-state index contributed by atoms with van der Waals surface area (Å²) in [4.78, 5) is 31.7. The number of amides is 1. The van der Waals surface area contributed by atoms with Crippen molar-refractivity contribution in [3.63, 3.8) is 0 Å². The topological polar surface area (TPSA) is 40.6 Å². The number of Topliss-reactive ketones (excluding diaryl/α,β-unsaturated/α-hetero) is 1. The van der Waals surface area contributed by atoms with Gasteiger partial charge in [0.05, 0.1) is 4.88 Å². The largest absolute Gasteiger partial charge is 0.341 e. The summed E-state index contributed by atoms with van der Waals surface area (Å²) in [5, 5.41) is 1.77. The van der Waals surface area contributed by atoms with Gasteiger partial charge in [-0.15, -0.1) is 22.7 Å². The lowest BCUT2D eigenvalue weighted by molar-refractivity contribution is 0.0778.